The number of rotatable bonds is 6. The Morgan fingerprint density at radius 2 is 2.38 bits per heavy atom. The fraction of sp³-hybridized carbons (Fsp3) is 0.500. The minimum Gasteiger partial charge on any atom is -0.369 e. The molecule has 1 aliphatic heterocycles. The van der Waals surface area contributed by atoms with Gasteiger partial charge in [-0.05, 0) is 18.9 Å². The van der Waals surface area contributed by atoms with Gasteiger partial charge < -0.3 is 16.0 Å². The molecule has 0 saturated carbocycles. The number of hydrogen-bond donors (Lipinski definition) is 3. The lowest BCUT2D eigenvalue weighted by molar-refractivity contribution is -0.119. The van der Waals surface area contributed by atoms with Crippen molar-refractivity contribution in [1.82, 2.24) is 15.6 Å². The number of anilines is 1. The highest BCUT2D eigenvalue weighted by atomic mass is 19.1. The van der Waals surface area contributed by atoms with Gasteiger partial charge in [0.25, 0.3) is 5.91 Å². The number of halogens is 1. The Morgan fingerprint density at radius 3 is 3.05 bits per heavy atom. The maximum Gasteiger partial charge on any atom is 0.255 e. The van der Waals surface area contributed by atoms with Crippen molar-refractivity contribution in [2.75, 3.05) is 18.4 Å². The van der Waals surface area contributed by atoms with Crippen molar-refractivity contribution in [3.8, 4) is 0 Å². The molecule has 1 saturated heterocycles. The van der Waals surface area contributed by atoms with Gasteiger partial charge in [0.2, 0.25) is 5.91 Å². The van der Waals surface area contributed by atoms with Gasteiger partial charge in [-0.3, -0.25) is 9.59 Å². The van der Waals surface area contributed by atoms with Gasteiger partial charge >= 0.3 is 0 Å². The van der Waals surface area contributed by atoms with Crippen LogP contribution < -0.4 is 16.0 Å². The van der Waals surface area contributed by atoms with Crippen LogP contribution in [0.25, 0.3) is 0 Å². The molecule has 0 aromatic carbocycles. The number of aromatic nitrogens is 1. The standard InChI is InChI=1S/C14H19FN4O2/c1-2-5-16-13-11(6-9(15)7-17-13)14(21)18-8-10-3-4-12(20)19-10/h6-7,10H,2-5,8H2,1H3,(H,16,17)(H,18,21)(H,19,20). The summed E-state index contributed by atoms with van der Waals surface area (Å²) in [4.78, 5) is 27.2. The third-order valence-electron chi connectivity index (χ3n) is 3.24. The minimum absolute atomic E-state index is 0.00743. The van der Waals surface area contributed by atoms with Crippen LogP contribution in [0.4, 0.5) is 10.2 Å². The molecule has 1 aromatic heterocycles. The lowest BCUT2D eigenvalue weighted by Crippen LogP contribution is -2.38. The summed E-state index contributed by atoms with van der Waals surface area (Å²) in [6.45, 7) is 2.96. The van der Waals surface area contributed by atoms with E-state index in [0.29, 0.717) is 31.7 Å². The van der Waals surface area contributed by atoms with E-state index in [-0.39, 0.29) is 17.5 Å². The van der Waals surface area contributed by atoms with Gasteiger partial charge in [0.15, 0.2) is 0 Å². The molecule has 6 nitrogen and oxygen atoms in total. The zero-order valence-corrected chi connectivity index (χ0v) is 11.9. The number of carbonyl (C=O) groups excluding carboxylic acids is 2. The van der Waals surface area contributed by atoms with Crippen molar-refractivity contribution in [2.24, 2.45) is 0 Å². The van der Waals surface area contributed by atoms with E-state index in [1.54, 1.807) is 0 Å². The normalized spacial score (nSPS) is 17.4. The van der Waals surface area contributed by atoms with Crippen LogP contribution in [0.1, 0.15) is 36.5 Å². The Hall–Kier alpha value is -2.18. The van der Waals surface area contributed by atoms with E-state index >= 15 is 0 Å². The number of carbonyl (C=O) groups is 2. The third-order valence-corrected chi connectivity index (χ3v) is 3.24. The molecule has 1 unspecified atom stereocenters. The van der Waals surface area contributed by atoms with Gasteiger partial charge in [0.05, 0.1) is 11.8 Å². The van der Waals surface area contributed by atoms with Crippen LogP contribution >= 0.6 is 0 Å². The van der Waals surface area contributed by atoms with Crippen LogP contribution in [0.2, 0.25) is 0 Å². The first kappa shape index (κ1) is 15.2. The van der Waals surface area contributed by atoms with E-state index in [0.717, 1.165) is 18.7 Å². The second-order valence-electron chi connectivity index (χ2n) is 4.99. The molecule has 1 aromatic rings. The Labute approximate surface area is 122 Å². The van der Waals surface area contributed by atoms with E-state index in [1.807, 2.05) is 6.92 Å². The average molecular weight is 294 g/mol. The van der Waals surface area contributed by atoms with Crippen LogP contribution in [0, 0.1) is 5.82 Å². The van der Waals surface area contributed by atoms with Crippen molar-refractivity contribution in [2.45, 2.75) is 32.2 Å². The van der Waals surface area contributed by atoms with Crippen LogP contribution in [0.5, 0.6) is 0 Å². The van der Waals surface area contributed by atoms with Gasteiger partial charge in [-0.1, -0.05) is 6.92 Å². The SMILES string of the molecule is CCCNc1ncc(F)cc1C(=O)NCC1CCC(=O)N1. The summed E-state index contributed by atoms with van der Waals surface area (Å²) in [7, 11) is 0. The molecule has 0 aliphatic carbocycles. The van der Waals surface area contributed by atoms with Crippen LogP contribution in [0.3, 0.4) is 0 Å². The van der Waals surface area contributed by atoms with E-state index < -0.39 is 11.7 Å². The third kappa shape index (κ3) is 4.14. The predicted octanol–water partition coefficient (Wildman–Crippen LogP) is 1.05. The number of nitrogens with zero attached hydrogens (tertiary/aromatic N) is 1. The Kier molecular flexibility index (Phi) is 5.08. The van der Waals surface area contributed by atoms with Crippen LogP contribution in [0.15, 0.2) is 12.3 Å². The molecule has 1 atom stereocenters. The molecule has 1 aliphatic rings. The van der Waals surface area contributed by atoms with Gasteiger partial charge in [-0.25, -0.2) is 9.37 Å². The summed E-state index contributed by atoms with van der Waals surface area (Å²) >= 11 is 0. The highest BCUT2D eigenvalue weighted by Gasteiger charge is 2.22. The Bertz CT molecular complexity index is 536. The number of nitrogens with one attached hydrogen (secondary N) is 3. The largest absolute Gasteiger partial charge is 0.369 e. The molecular weight excluding hydrogens is 275 g/mol. The molecular formula is C14H19FN4O2. The maximum absolute atomic E-state index is 13.3. The first-order chi connectivity index (χ1) is 10.1. The van der Waals surface area contributed by atoms with E-state index in [4.69, 9.17) is 0 Å². The fourth-order valence-corrected chi connectivity index (χ4v) is 2.14. The highest BCUT2D eigenvalue weighted by molar-refractivity contribution is 5.98. The minimum atomic E-state index is -0.559. The highest BCUT2D eigenvalue weighted by Crippen LogP contribution is 2.14. The molecule has 0 radical (unpaired) electrons. The molecule has 2 rings (SSSR count). The summed E-state index contributed by atoms with van der Waals surface area (Å²) in [5.74, 6) is -0.601. The van der Waals surface area contributed by atoms with E-state index in [9.17, 15) is 14.0 Å². The second kappa shape index (κ2) is 7.01. The second-order valence-corrected chi connectivity index (χ2v) is 4.99. The smallest absolute Gasteiger partial charge is 0.255 e. The summed E-state index contributed by atoms with van der Waals surface area (Å²) in [5, 5.41) is 8.46. The molecule has 1 fully saturated rings. The van der Waals surface area contributed by atoms with E-state index in [1.165, 1.54) is 0 Å². The van der Waals surface area contributed by atoms with Crippen molar-refractivity contribution >= 4 is 17.6 Å². The Morgan fingerprint density at radius 1 is 1.57 bits per heavy atom. The molecule has 0 spiro atoms. The summed E-state index contributed by atoms with van der Waals surface area (Å²) < 4.78 is 13.3. The summed E-state index contributed by atoms with van der Waals surface area (Å²) in [6.07, 6.45) is 3.12. The topological polar surface area (TPSA) is 83.1 Å². The maximum atomic E-state index is 13.3. The number of hydrogen-bond acceptors (Lipinski definition) is 4. The first-order valence-corrected chi connectivity index (χ1v) is 7.07. The summed E-state index contributed by atoms with van der Waals surface area (Å²) in [5.41, 5.74) is 0.174. The number of amides is 2. The van der Waals surface area contributed by atoms with Crippen LogP contribution in [-0.4, -0.2) is 35.9 Å². The number of pyridine rings is 1. The van der Waals surface area contributed by atoms with Crippen molar-refractivity contribution in [3.63, 3.8) is 0 Å². The fourth-order valence-electron chi connectivity index (χ4n) is 2.14. The molecule has 3 N–H and O–H groups in total. The first-order valence-electron chi connectivity index (χ1n) is 7.07. The molecule has 0 bridgehead atoms. The Balaban J connectivity index is 2.00. The zero-order chi connectivity index (χ0) is 15.2. The lowest BCUT2D eigenvalue weighted by atomic mass is 10.2. The zero-order valence-electron chi connectivity index (χ0n) is 11.9. The van der Waals surface area contributed by atoms with Crippen molar-refractivity contribution in [3.05, 3.63) is 23.6 Å². The van der Waals surface area contributed by atoms with E-state index in [2.05, 4.69) is 20.9 Å². The van der Waals surface area contributed by atoms with Crippen LogP contribution in [-0.2, 0) is 4.79 Å². The van der Waals surface area contributed by atoms with Gasteiger partial charge in [-0.15, -0.1) is 0 Å². The molecule has 7 heteroatoms. The quantitative estimate of drug-likeness (QED) is 0.732. The van der Waals surface area contributed by atoms with Crippen molar-refractivity contribution < 1.29 is 14.0 Å². The lowest BCUT2D eigenvalue weighted by Gasteiger charge is -2.13. The predicted molar refractivity (Wildman–Crippen MR) is 76.5 cm³/mol. The molecule has 114 valence electrons. The van der Waals surface area contributed by atoms with Gasteiger partial charge in [-0.2, -0.15) is 0 Å². The molecule has 2 amide bonds. The monoisotopic (exact) mass is 294 g/mol. The molecule has 21 heavy (non-hydrogen) atoms. The van der Waals surface area contributed by atoms with Gasteiger partial charge in [0, 0.05) is 25.6 Å². The summed E-state index contributed by atoms with van der Waals surface area (Å²) in [6, 6.07) is 1.10. The molecule has 2 heterocycles. The van der Waals surface area contributed by atoms with Crippen molar-refractivity contribution in [1.29, 1.82) is 0 Å². The van der Waals surface area contributed by atoms with Gasteiger partial charge in [0.1, 0.15) is 11.6 Å². The average Bonchev–Trinajstić information content (AvgIpc) is 2.89.